The highest BCUT2D eigenvalue weighted by atomic mass is 16.3. The van der Waals surface area contributed by atoms with E-state index < -0.39 is 0 Å². The Morgan fingerprint density at radius 1 is 0.889 bits per heavy atom. The van der Waals surface area contributed by atoms with Crippen LogP contribution in [-0.2, 0) is 12.8 Å². The average Bonchev–Trinajstić information content (AvgIpc) is 2.44. The van der Waals surface area contributed by atoms with Crippen LogP contribution < -0.4 is 0 Å². The molecule has 1 aromatic rings. The maximum absolute atomic E-state index is 10.5. The van der Waals surface area contributed by atoms with Crippen molar-refractivity contribution in [1.82, 2.24) is 0 Å². The van der Waals surface area contributed by atoms with E-state index in [4.69, 9.17) is 0 Å². The van der Waals surface area contributed by atoms with Crippen molar-refractivity contribution >= 4 is 0 Å². The molecule has 0 bridgehead atoms. The van der Waals surface area contributed by atoms with Gasteiger partial charge in [-0.2, -0.15) is 0 Å². The molecule has 0 atom stereocenters. The third kappa shape index (κ3) is 1.90. The van der Waals surface area contributed by atoms with E-state index in [0.717, 1.165) is 42.4 Å². The molecule has 0 unspecified atom stereocenters. The van der Waals surface area contributed by atoms with E-state index in [-0.39, 0.29) is 0 Å². The minimum absolute atomic E-state index is 0.368. The Bertz CT molecular complexity index is 482. The number of phenolic OH excluding ortho intramolecular Hbond substituents is 2. The molecule has 96 valence electrons. The molecule has 3 rings (SSSR count). The van der Waals surface area contributed by atoms with Gasteiger partial charge in [-0.25, -0.2) is 0 Å². The predicted octanol–water partition coefficient (Wildman–Crippen LogP) is 3.80. The summed E-state index contributed by atoms with van der Waals surface area (Å²) >= 11 is 0. The molecule has 2 nitrogen and oxygen atoms in total. The summed E-state index contributed by atoms with van der Waals surface area (Å²) in [6.45, 7) is 0. The number of fused-ring (bicyclic) bond motifs is 1. The molecule has 0 aliphatic heterocycles. The molecule has 0 aromatic heterocycles. The first-order valence-electron chi connectivity index (χ1n) is 6.99. The summed E-state index contributed by atoms with van der Waals surface area (Å²) in [4.78, 5) is 0. The first kappa shape index (κ1) is 11.6. The van der Waals surface area contributed by atoms with Gasteiger partial charge >= 0.3 is 0 Å². The fraction of sp³-hybridized carbons (Fsp3) is 0.500. The van der Waals surface area contributed by atoms with Gasteiger partial charge in [0, 0.05) is 16.7 Å². The van der Waals surface area contributed by atoms with Crippen LogP contribution in [0.4, 0.5) is 0 Å². The van der Waals surface area contributed by atoms with Crippen LogP contribution in [0.15, 0.2) is 18.2 Å². The summed E-state index contributed by atoms with van der Waals surface area (Å²) in [5, 5.41) is 20.6. The van der Waals surface area contributed by atoms with Crippen molar-refractivity contribution in [2.75, 3.05) is 0 Å². The van der Waals surface area contributed by atoms with Crippen LogP contribution in [0.5, 0.6) is 11.5 Å². The number of hydrogen-bond acceptors (Lipinski definition) is 2. The van der Waals surface area contributed by atoms with Gasteiger partial charge in [0.2, 0.25) is 0 Å². The van der Waals surface area contributed by atoms with E-state index in [0.29, 0.717) is 17.4 Å². The normalized spacial score (nSPS) is 19.8. The van der Waals surface area contributed by atoms with E-state index in [1.165, 1.54) is 19.3 Å². The van der Waals surface area contributed by atoms with Gasteiger partial charge in [0.15, 0.2) is 0 Å². The number of allylic oxidation sites excluding steroid dienone is 2. The molecule has 2 aliphatic carbocycles. The molecule has 2 heteroatoms. The number of benzene rings is 1. The monoisotopic (exact) mass is 244 g/mol. The second-order valence-corrected chi connectivity index (χ2v) is 5.51. The standard InChI is InChI=1S/C16H20O2/c17-15-10-14(11-6-2-1-3-7-11)16(18)13-9-5-4-8-12(13)15/h4-5,10-11,17-18H,1-3,6-9H2. The van der Waals surface area contributed by atoms with Crippen molar-refractivity contribution in [2.24, 2.45) is 0 Å². The summed E-state index contributed by atoms with van der Waals surface area (Å²) in [5.74, 6) is 1.24. The Morgan fingerprint density at radius 2 is 1.56 bits per heavy atom. The molecule has 0 spiro atoms. The van der Waals surface area contributed by atoms with Crippen molar-refractivity contribution in [2.45, 2.75) is 50.9 Å². The van der Waals surface area contributed by atoms with Gasteiger partial charge in [-0.05, 0) is 37.7 Å². The van der Waals surface area contributed by atoms with Gasteiger partial charge in [-0.3, -0.25) is 0 Å². The number of phenols is 2. The Labute approximate surface area is 108 Å². The quantitative estimate of drug-likeness (QED) is 0.582. The molecule has 18 heavy (non-hydrogen) atoms. The lowest BCUT2D eigenvalue weighted by atomic mass is 9.81. The smallest absolute Gasteiger partial charge is 0.123 e. The number of hydrogen-bond donors (Lipinski definition) is 2. The maximum atomic E-state index is 10.5. The Morgan fingerprint density at radius 3 is 2.28 bits per heavy atom. The largest absolute Gasteiger partial charge is 0.508 e. The van der Waals surface area contributed by atoms with E-state index in [1.54, 1.807) is 0 Å². The fourth-order valence-corrected chi connectivity index (χ4v) is 3.35. The van der Waals surface area contributed by atoms with Crippen molar-refractivity contribution in [1.29, 1.82) is 0 Å². The Hall–Kier alpha value is -1.44. The highest BCUT2D eigenvalue weighted by molar-refractivity contribution is 5.56. The summed E-state index contributed by atoms with van der Waals surface area (Å²) < 4.78 is 0. The van der Waals surface area contributed by atoms with E-state index in [1.807, 2.05) is 6.07 Å². The van der Waals surface area contributed by atoms with Gasteiger partial charge in [-0.15, -0.1) is 0 Å². The summed E-state index contributed by atoms with van der Waals surface area (Å²) in [7, 11) is 0. The van der Waals surface area contributed by atoms with Gasteiger partial charge in [0.1, 0.15) is 11.5 Å². The zero-order valence-electron chi connectivity index (χ0n) is 10.7. The second-order valence-electron chi connectivity index (χ2n) is 5.51. The summed E-state index contributed by atoms with van der Waals surface area (Å²) in [6, 6.07) is 1.81. The molecule has 0 heterocycles. The summed E-state index contributed by atoms with van der Waals surface area (Å²) in [6.07, 6.45) is 11.7. The van der Waals surface area contributed by atoms with Crippen LogP contribution in [-0.4, -0.2) is 10.2 Å². The molecule has 1 saturated carbocycles. The number of aromatic hydroxyl groups is 2. The molecule has 0 radical (unpaired) electrons. The first-order chi connectivity index (χ1) is 8.77. The van der Waals surface area contributed by atoms with Gasteiger partial charge in [0.25, 0.3) is 0 Å². The lowest BCUT2D eigenvalue weighted by molar-refractivity contribution is 0.404. The van der Waals surface area contributed by atoms with Crippen LogP contribution in [0, 0.1) is 0 Å². The van der Waals surface area contributed by atoms with E-state index >= 15 is 0 Å². The molecule has 0 saturated heterocycles. The van der Waals surface area contributed by atoms with Gasteiger partial charge < -0.3 is 10.2 Å². The SMILES string of the molecule is Oc1cc(C2CCCCC2)c(O)c2c1CC=CC2. The highest BCUT2D eigenvalue weighted by Gasteiger charge is 2.24. The lowest BCUT2D eigenvalue weighted by Crippen LogP contribution is -2.08. The zero-order chi connectivity index (χ0) is 12.5. The number of rotatable bonds is 1. The average molecular weight is 244 g/mol. The van der Waals surface area contributed by atoms with Crippen molar-refractivity contribution < 1.29 is 10.2 Å². The van der Waals surface area contributed by atoms with Crippen LogP contribution in [0.25, 0.3) is 0 Å². The lowest BCUT2D eigenvalue weighted by Gasteiger charge is -2.25. The van der Waals surface area contributed by atoms with Crippen molar-refractivity contribution in [3.8, 4) is 11.5 Å². The highest BCUT2D eigenvalue weighted by Crippen LogP contribution is 2.43. The third-order valence-corrected chi connectivity index (χ3v) is 4.38. The minimum atomic E-state index is 0.368. The summed E-state index contributed by atoms with van der Waals surface area (Å²) in [5.41, 5.74) is 2.83. The van der Waals surface area contributed by atoms with Crippen molar-refractivity contribution in [3.63, 3.8) is 0 Å². The fourth-order valence-electron chi connectivity index (χ4n) is 3.35. The minimum Gasteiger partial charge on any atom is -0.508 e. The van der Waals surface area contributed by atoms with Crippen LogP contribution in [0.3, 0.4) is 0 Å². The van der Waals surface area contributed by atoms with Crippen LogP contribution in [0.2, 0.25) is 0 Å². The topological polar surface area (TPSA) is 40.5 Å². The zero-order valence-corrected chi connectivity index (χ0v) is 10.7. The van der Waals surface area contributed by atoms with Gasteiger partial charge in [-0.1, -0.05) is 31.4 Å². The van der Waals surface area contributed by atoms with E-state index in [9.17, 15) is 10.2 Å². The molecule has 2 N–H and O–H groups in total. The molecular formula is C16H20O2. The van der Waals surface area contributed by atoms with Crippen LogP contribution >= 0.6 is 0 Å². The van der Waals surface area contributed by atoms with Crippen molar-refractivity contribution in [3.05, 3.63) is 34.9 Å². The first-order valence-corrected chi connectivity index (χ1v) is 6.99. The molecule has 1 fully saturated rings. The molecular weight excluding hydrogens is 224 g/mol. The molecule has 2 aliphatic rings. The van der Waals surface area contributed by atoms with E-state index in [2.05, 4.69) is 12.2 Å². The maximum Gasteiger partial charge on any atom is 0.123 e. The van der Waals surface area contributed by atoms with Gasteiger partial charge in [0.05, 0.1) is 0 Å². The Kier molecular flexibility index (Phi) is 3.02. The molecule has 0 amide bonds. The third-order valence-electron chi connectivity index (χ3n) is 4.38. The predicted molar refractivity (Wildman–Crippen MR) is 72.1 cm³/mol. The Balaban J connectivity index is 2.03. The second kappa shape index (κ2) is 4.68. The molecule has 1 aromatic carbocycles. The van der Waals surface area contributed by atoms with Crippen LogP contribution in [0.1, 0.15) is 54.7 Å².